The van der Waals surface area contributed by atoms with E-state index in [0.717, 1.165) is 5.56 Å². The quantitative estimate of drug-likeness (QED) is 0.740. The number of rotatable bonds is 6. The molecule has 6 nitrogen and oxygen atoms in total. The molecule has 0 amide bonds. The average Bonchev–Trinajstić information content (AvgIpc) is 3.05. The Bertz CT molecular complexity index is 909. The van der Waals surface area contributed by atoms with Crippen LogP contribution in [0.25, 0.3) is 11.4 Å². The fourth-order valence-electron chi connectivity index (χ4n) is 2.05. The molecule has 0 fully saturated rings. The largest absolute Gasteiger partial charge is 0.338 e. The van der Waals surface area contributed by atoms with Crippen LogP contribution in [0.15, 0.2) is 59.1 Å². The summed E-state index contributed by atoms with van der Waals surface area (Å²) in [5.41, 5.74) is 1.26. The van der Waals surface area contributed by atoms with E-state index in [0.29, 0.717) is 11.4 Å². The van der Waals surface area contributed by atoms with Crippen LogP contribution in [0.4, 0.5) is 4.39 Å². The number of nitrogens with one attached hydrogen (secondary N) is 1. The van der Waals surface area contributed by atoms with Crippen LogP contribution < -0.4 is 4.72 Å². The molecule has 0 atom stereocenters. The van der Waals surface area contributed by atoms with Crippen molar-refractivity contribution < 1.29 is 17.3 Å². The van der Waals surface area contributed by atoms with E-state index in [4.69, 9.17) is 4.52 Å². The van der Waals surface area contributed by atoms with Gasteiger partial charge in [0.1, 0.15) is 5.82 Å². The fourth-order valence-corrected chi connectivity index (χ4v) is 3.13. The maximum Gasteiger partial charge on any atom is 0.242 e. The van der Waals surface area contributed by atoms with Crippen molar-refractivity contribution in [1.29, 1.82) is 0 Å². The van der Waals surface area contributed by atoms with Crippen molar-refractivity contribution in [2.75, 3.05) is 0 Å². The Labute approximate surface area is 138 Å². The van der Waals surface area contributed by atoms with Gasteiger partial charge in [-0.15, -0.1) is 0 Å². The summed E-state index contributed by atoms with van der Waals surface area (Å²) < 4.78 is 44.3. The van der Waals surface area contributed by atoms with Gasteiger partial charge in [0.25, 0.3) is 0 Å². The van der Waals surface area contributed by atoms with Gasteiger partial charge in [-0.3, -0.25) is 0 Å². The third kappa shape index (κ3) is 4.24. The predicted octanol–water partition coefficient (Wildman–Crippen LogP) is 2.50. The minimum atomic E-state index is -3.60. The molecule has 1 N–H and O–H groups in total. The topological polar surface area (TPSA) is 85.1 Å². The Balaban J connectivity index is 1.63. The van der Waals surface area contributed by atoms with E-state index in [1.54, 1.807) is 0 Å². The molecule has 8 heteroatoms. The van der Waals surface area contributed by atoms with Gasteiger partial charge in [-0.25, -0.2) is 17.5 Å². The van der Waals surface area contributed by atoms with Gasteiger partial charge < -0.3 is 4.52 Å². The van der Waals surface area contributed by atoms with Gasteiger partial charge in [-0.2, -0.15) is 4.98 Å². The summed E-state index contributed by atoms with van der Waals surface area (Å²) in [7, 11) is -3.60. The van der Waals surface area contributed by atoms with Crippen LogP contribution in [0.2, 0.25) is 0 Å². The van der Waals surface area contributed by atoms with Crippen LogP contribution in [-0.2, 0) is 22.3 Å². The van der Waals surface area contributed by atoms with Gasteiger partial charge in [0.15, 0.2) is 0 Å². The van der Waals surface area contributed by atoms with E-state index < -0.39 is 15.8 Å². The van der Waals surface area contributed by atoms with E-state index in [1.165, 1.54) is 24.3 Å². The maximum atomic E-state index is 12.8. The maximum absolute atomic E-state index is 12.8. The molecule has 0 spiro atoms. The summed E-state index contributed by atoms with van der Waals surface area (Å²) in [6.45, 7) is -0.108. The molecule has 1 aromatic heterocycles. The second-order valence-corrected chi connectivity index (χ2v) is 6.89. The summed E-state index contributed by atoms with van der Waals surface area (Å²) in [6, 6.07) is 14.5. The van der Waals surface area contributed by atoms with Crippen molar-refractivity contribution in [3.05, 3.63) is 71.9 Å². The molecule has 0 aliphatic heterocycles. The number of halogens is 1. The number of sulfonamides is 1. The Morgan fingerprint density at radius 3 is 2.46 bits per heavy atom. The fraction of sp³-hybridized carbons (Fsp3) is 0.125. The SMILES string of the molecule is O=S(=O)(Cc1ccc(F)cc1)NCc1nc(-c2ccccc2)no1. The third-order valence-electron chi connectivity index (χ3n) is 3.21. The molecule has 0 aliphatic carbocycles. The monoisotopic (exact) mass is 347 g/mol. The highest BCUT2D eigenvalue weighted by Gasteiger charge is 2.14. The lowest BCUT2D eigenvalue weighted by atomic mass is 10.2. The Morgan fingerprint density at radius 1 is 1.04 bits per heavy atom. The van der Waals surface area contributed by atoms with Gasteiger partial charge in [0.2, 0.25) is 21.7 Å². The van der Waals surface area contributed by atoms with E-state index in [-0.39, 0.29) is 18.2 Å². The zero-order chi connectivity index (χ0) is 17.0. The summed E-state index contributed by atoms with van der Waals surface area (Å²) in [5.74, 6) is -0.115. The lowest BCUT2D eigenvalue weighted by Gasteiger charge is -2.04. The van der Waals surface area contributed by atoms with Gasteiger partial charge in [0.05, 0.1) is 12.3 Å². The molecule has 124 valence electrons. The number of benzene rings is 2. The van der Waals surface area contributed by atoms with Gasteiger partial charge >= 0.3 is 0 Å². The number of nitrogens with zero attached hydrogens (tertiary/aromatic N) is 2. The lowest BCUT2D eigenvalue weighted by Crippen LogP contribution is -2.24. The van der Waals surface area contributed by atoms with Crippen molar-refractivity contribution >= 4 is 10.0 Å². The van der Waals surface area contributed by atoms with Crippen molar-refractivity contribution in [2.45, 2.75) is 12.3 Å². The third-order valence-corrected chi connectivity index (χ3v) is 4.51. The van der Waals surface area contributed by atoms with Crippen molar-refractivity contribution in [3.8, 4) is 11.4 Å². The van der Waals surface area contributed by atoms with Crippen LogP contribution in [-0.4, -0.2) is 18.6 Å². The first-order valence-corrected chi connectivity index (χ1v) is 8.77. The van der Waals surface area contributed by atoms with E-state index in [9.17, 15) is 12.8 Å². The predicted molar refractivity (Wildman–Crippen MR) is 85.6 cm³/mol. The highest BCUT2D eigenvalue weighted by Crippen LogP contribution is 2.15. The molecular formula is C16H14FN3O3S. The first-order valence-electron chi connectivity index (χ1n) is 7.12. The van der Waals surface area contributed by atoms with Crippen molar-refractivity contribution in [1.82, 2.24) is 14.9 Å². The molecule has 0 aliphatic rings. The van der Waals surface area contributed by atoms with E-state index in [2.05, 4.69) is 14.9 Å². The zero-order valence-electron chi connectivity index (χ0n) is 12.5. The summed E-state index contributed by atoms with van der Waals surface area (Å²) in [4.78, 5) is 4.15. The lowest BCUT2D eigenvalue weighted by molar-refractivity contribution is 0.376. The molecule has 0 radical (unpaired) electrons. The molecular weight excluding hydrogens is 333 g/mol. The summed E-state index contributed by atoms with van der Waals surface area (Å²) >= 11 is 0. The van der Waals surface area contributed by atoms with Gasteiger partial charge in [0, 0.05) is 5.56 Å². The minimum Gasteiger partial charge on any atom is -0.338 e. The standard InChI is InChI=1S/C16H14FN3O3S/c17-14-8-6-12(7-9-14)11-24(21,22)18-10-15-19-16(20-23-15)13-4-2-1-3-5-13/h1-9,18H,10-11H2. The van der Waals surface area contributed by atoms with Crippen LogP contribution in [0, 0.1) is 5.82 Å². The molecule has 0 saturated carbocycles. The molecule has 24 heavy (non-hydrogen) atoms. The second kappa shape index (κ2) is 6.90. The zero-order valence-corrected chi connectivity index (χ0v) is 13.3. The molecule has 3 rings (SSSR count). The van der Waals surface area contributed by atoms with Crippen LogP contribution in [0.1, 0.15) is 11.5 Å². The Kier molecular flexibility index (Phi) is 4.68. The molecule has 2 aromatic carbocycles. The van der Waals surface area contributed by atoms with Gasteiger partial charge in [-0.1, -0.05) is 47.6 Å². The first-order chi connectivity index (χ1) is 11.5. The van der Waals surface area contributed by atoms with Crippen LogP contribution in [0.3, 0.4) is 0 Å². The average molecular weight is 347 g/mol. The molecule has 0 bridgehead atoms. The number of hydrogen-bond acceptors (Lipinski definition) is 5. The highest BCUT2D eigenvalue weighted by atomic mass is 32.2. The van der Waals surface area contributed by atoms with Crippen LogP contribution >= 0.6 is 0 Å². The van der Waals surface area contributed by atoms with Crippen LogP contribution in [0.5, 0.6) is 0 Å². The summed E-state index contributed by atoms with van der Waals surface area (Å²) in [5, 5.41) is 3.82. The molecule has 0 unspecified atom stereocenters. The molecule has 1 heterocycles. The van der Waals surface area contributed by atoms with E-state index in [1.807, 2.05) is 30.3 Å². The number of hydrogen-bond donors (Lipinski definition) is 1. The smallest absolute Gasteiger partial charge is 0.242 e. The normalized spacial score (nSPS) is 11.5. The highest BCUT2D eigenvalue weighted by molar-refractivity contribution is 7.88. The first kappa shape index (κ1) is 16.3. The minimum absolute atomic E-state index is 0.108. The van der Waals surface area contributed by atoms with E-state index >= 15 is 0 Å². The van der Waals surface area contributed by atoms with Crippen molar-refractivity contribution in [2.24, 2.45) is 0 Å². The number of aromatic nitrogens is 2. The Morgan fingerprint density at radius 2 is 1.75 bits per heavy atom. The van der Waals surface area contributed by atoms with Crippen molar-refractivity contribution in [3.63, 3.8) is 0 Å². The Hall–Kier alpha value is -2.58. The second-order valence-electron chi connectivity index (χ2n) is 5.08. The summed E-state index contributed by atoms with van der Waals surface area (Å²) in [6.07, 6.45) is 0. The molecule has 0 saturated heterocycles. The van der Waals surface area contributed by atoms with Gasteiger partial charge in [-0.05, 0) is 17.7 Å². The molecule has 3 aromatic rings.